The molecule has 0 aromatic heterocycles. The average Bonchev–Trinajstić information content (AvgIpc) is 2.17. The van der Waals surface area contributed by atoms with Crippen LogP contribution < -0.4 is 0 Å². The Morgan fingerprint density at radius 3 is 1.85 bits per heavy atom. The third kappa shape index (κ3) is 1.70. The second-order valence-electron chi connectivity index (χ2n) is 3.18. The summed E-state index contributed by atoms with van der Waals surface area (Å²) in [6.45, 7) is 3.48. The molecule has 0 unspecified atom stereocenters. The van der Waals surface area contributed by atoms with Gasteiger partial charge in [0.2, 0.25) is 0 Å². The van der Waals surface area contributed by atoms with E-state index < -0.39 is 6.60 Å². The molecule has 0 saturated carbocycles. The third-order valence-corrected chi connectivity index (χ3v) is 5.38. The normalized spacial score (nSPS) is 12.7. The van der Waals surface area contributed by atoms with Gasteiger partial charge in [0.25, 0.3) is 0 Å². The molecule has 0 atom stereocenters. The maximum atomic E-state index is 8.94. The van der Waals surface area contributed by atoms with E-state index >= 15 is 0 Å². The van der Waals surface area contributed by atoms with Gasteiger partial charge in [0.05, 0.1) is 0 Å². The molecular weight excluding hydrogens is 181 g/mol. The van der Waals surface area contributed by atoms with E-state index in [-0.39, 0.29) is 0 Å². The van der Waals surface area contributed by atoms with Crippen molar-refractivity contribution in [3.8, 4) is 17.4 Å². The van der Waals surface area contributed by atoms with Gasteiger partial charge in [0.1, 0.15) is 0 Å². The first kappa shape index (κ1) is 11.6. The molecule has 0 aliphatic carbocycles. The van der Waals surface area contributed by atoms with Crippen LogP contribution in [0, 0.1) is 33.2 Å². The van der Waals surface area contributed by atoms with Crippen LogP contribution in [0.2, 0.25) is 0 Å². The van der Waals surface area contributed by atoms with E-state index in [2.05, 4.69) is 6.58 Å². The topological polar surface area (TPSA) is 71.4 Å². The van der Waals surface area contributed by atoms with Crippen molar-refractivity contribution in [1.82, 2.24) is 0 Å². The molecule has 0 amide bonds. The van der Waals surface area contributed by atoms with Crippen LogP contribution in [-0.2, 0) is 0 Å². The number of hydrogen-bond acceptors (Lipinski definition) is 3. The van der Waals surface area contributed by atoms with Crippen LogP contribution in [0.15, 0.2) is 11.9 Å². The van der Waals surface area contributed by atoms with E-state index in [1.165, 1.54) is 6.66 Å². The van der Waals surface area contributed by atoms with Crippen molar-refractivity contribution in [3.63, 3.8) is 0 Å². The van der Waals surface area contributed by atoms with Crippen molar-refractivity contribution in [1.29, 1.82) is 15.8 Å². The SMILES string of the molecule is C=C(CCC)P(C)(C#N)(C#N)C#N. The van der Waals surface area contributed by atoms with E-state index in [9.17, 15) is 0 Å². The van der Waals surface area contributed by atoms with Gasteiger partial charge in [-0.1, -0.05) is 0 Å². The molecule has 4 heteroatoms. The first-order chi connectivity index (χ1) is 5.97. The van der Waals surface area contributed by atoms with Crippen molar-refractivity contribution in [2.45, 2.75) is 19.8 Å². The van der Waals surface area contributed by atoms with Crippen molar-refractivity contribution >= 4 is 6.60 Å². The average molecular weight is 193 g/mol. The number of rotatable bonds is 3. The first-order valence-corrected chi connectivity index (χ1v) is 6.61. The van der Waals surface area contributed by atoms with Gasteiger partial charge in [0.15, 0.2) is 0 Å². The zero-order valence-corrected chi connectivity index (χ0v) is 8.80. The maximum absolute atomic E-state index is 8.94. The molecule has 0 aliphatic heterocycles. The summed E-state index contributed by atoms with van der Waals surface area (Å²) in [5.41, 5.74) is 0. The molecule has 0 fully saturated rings. The molecule has 0 N–H and O–H groups in total. The Hall–Kier alpha value is -1.36. The molecule has 0 aromatic carbocycles. The molecule has 13 heavy (non-hydrogen) atoms. The van der Waals surface area contributed by atoms with E-state index in [4.69, 9.17) is 15.8 Å². The van der Waals surface area contributed by atoms with Crippen molar-refractivity contribution in [3.05, 3.63) is 11.9 Å². The molecular formula is C9H12N3P. The van der Waals surface area contributed by atoms with E-state index in [0.717, 1.165) is 6.42 Å². The van der Waals surface area contributed by atoms with Crippen LogP contribution in [0.4, 0.5) is 0 Å². The van der Waals surface area contributed by atoms with Crippen LogP contribution in [-0.4, -0.2) is 6.66 Å². The van der Waals surface area contributed by atoms with Crippen molar-refractivity contribution in [2.75, 3.05) is 6.66 Å². The van der Waals surface area contributed by atoms with Gasteiger partial charge < -0.3 is 0 Å². The standard InChI is InChI=1S/C9H12N3P/c1-4-5-9(2)13(3,6-10,7-11)8-12/h2,4-5H2,1,3H3. The Kier molecular flexibility index (Phi) is 3.20. The van der Waals surface area contributed by atoms with Gasteiger partial charge in [-0.25, -0.2) is 0 Å². The third-order valence-electron chi connectivity index (χ3n) is 2.08. The van der Waals surface area contributed by atoms with E-state index in [1.54, 1.807) is 0 Å². The molecule has 0 spiro atoms. The molecule has 0 aromatic rings. The van der Waals surface area contributed by atoms with Crippen molar-refractivity contribution in [2.24, 2.45) is 0 Å². The Morgan fingerprint density at radius 1 is 1.23 bits per heavy atom. The monoisotopic (exact) mass is 193 g/mol. The van der Waals surface area contributed by atoms with Crippen LogP contribution in [0.1, 0.15) is 19.8 Å². The Balaban J connectivity index is 5.36. The first-order valence-electron chi connectivity index (χ1n) is 3.93. The Morgan fingerprint density at radius 2 is 1.62 bits per heavy atom. The van der Waals surface area contributed by atoms with Crippen LogP contribution in [0.3, 0.4) is 0 Å². The zero-order chi connectivity index (χ0) is 10.6. The van der Waals surface area contributed by atoms with Gasteiger partial charge >= 0.3 is 78.1 Å². The summed E-state index contributed by atoms with van der Waals surface area (Å²) in [6.07, 6.45) is 1.37. The fourth-order valence-electron chi connectivity index (χ4n) is 0.847. The minimum atomic E-state index is -3.59. The second kappa shape index (κ2) is 3.57. The summed E-state index contributed by atoms with van der Waals surface area (Å²) in [5.74, 6) is 5.65. The quantitative estimate of drug-likeness (QED) is 0.647. The van der Waals surface area contributed by atoms with Crippen LogP contribution in [0.5, 0.6) is 0 Å². The predicted octanol–water partition coefficient (Wildman–Crippen LogP) is 2.93. The molecule has 68 valence electrons. The van der Waals surface area contributed by atoms with Crippen LogP contribution >= 0.6 is 6.60 Å². The van der Waals surface area contributed by atoms with Gasteiger partial charge in [-0.05, 0) is 0 Å². The van der Waals surface area contributed by atoms with Gasteiger partial charge in [-0.2, -0.15) is 0 Å². The fourth-order valence-corrected chi connectivity index (χ4v) is 2.19. The fraction of sp³-hybridized carbons (Fsp3) is 0.444. The molecule has 0 bridgehead atoms. The number of nitriles is 3. The van der Waals surface area contributed by atoms with Gasteiger partial charge in [-0.3, -0.25) is 0 Å². The summed E-state index contributed by atoms with van der Waals surface area (Å²) in [6, 6.07) is 0. The molecule has 0 aliphatic rings. The summed E-state index contributed by atoms with van der Waals surface area (Å²) in [7, 11) is 0. The van der Waals surface area contributed by atoms with E-state index in [1.807, 2.05) is 24.4 Å². The summed E-state index contributed by atoms with van der Waals surface area (Å²) in [5, 5.41) is 27.3. The summed E-state index contributed by atoms with van der Waals surface area (Å²) in [4.78, 5) is 0. The molecule has 3 nitrogen and oxygen atoms in total. The minimum absolute atomic E-state index is 0.501. The molecule has 0 saturated heterocycles. The van der Waals surface area contributed by atoms with Gasteiger partial charge in [0, 0.05) is 0 Å². The molecule has 0 rings (SSSR count). The number of allylic oxidation sites excluding steroid dienone is 1. The Labute approximate surface area is 78.8 Å². The molecule has 0 radical (unpaired) electrons. The zero-order valence-electron chi connectivity index (χ0n) is 7.91. The second-order valence-corrected chi connectivity index (χ2v) is 7.54. The van der Waals surface area contributed by atoms with Crippen molar-refractivity contribution < 1.29 is 0 Å². The van der Waals surface area contributed by atoms with Crippen LogP contribution in [0.25, 0.3) is 0 Å². The number of hydrogen-bond donors (Lipinski definition) is 0. The molecule has 0 heterocycles. The van der Waals surface area contributed by atoms with E-state index in [0.29, 0.717) is 11.7 Å². The predicted molar refractivity (Wildman–Crippen MR) is 53.7 cm³/mol. The summed E-state index contributed by atoms with van der Waals surface area (Å²) < 4.78 is 0. The van der Waals surface area contributed by atoms with Gasteiger partial charge in [-0.15, -0.1) is 0 Å². The number of nitrogens with zero attached hydrogens (tertiary/aromatic N) is 3. The Bertz CT molecular complexity index is 312. The summed E-state index contributed by atoms with van der Waals surface area (Å²) >= 11 is 0.